The molecule has 2 rings (SSSR count). The lowest BCUT2D eigenvalue weighted by molar-refractivity contribution is -0.143. The van der Waals surface area contributed by atoms with E-state index in [4.69, 9.17) is 8.92 Å². The van der Waals surface area contributed by atoms with Crippen molar-refractivity contribution in [2.75, 3.05) is 12.9 Å². The molecule has 1 aromatic carbocycles. The molecule has 0 N–H and O–H groups in total. The molecule has 0 spiro atoms. The minimum Gasteiger partial charge on any atom is -0.466 e. The molecule has 29 heavy (non-hydrogen) atoms. The Labute approximate surface area is 172 Å². The molecule has 0 saturated carbocycles. The van der Waals surface area contributed by atoms with Crippen molar-refractivity contribution in [1.82, 2.24) is 4.98 Å². The maximum Gasteiger partial charge on any atom is 0.305 e. The molecule has 2 aromatic rings. The Morgan fingerprint density at radius 2 is 1.93 bits per heavy atom. The first-order valence-electron chi connectivity index (χ1n) is 9.59. The molecule has 156 valence electrons. The number of nitrogens with zero attached hydrogens (tertiary/aromatic N) is 1. The zero-order valence-corrected chi connectivity index (χ0v) is 17.7. The van der Waals surface area contributed by atoms with Crippen molar-refractivity contribution in [3.8, 4) is 0 Å². The summed E-state index contributed by atoms with van der Waals surface area (Å²) in [6.45, 7) is 2.20. The van der Waals surface area contributed by atoms with E-state index in [2.05, 4.69) is 11.1 Å². The van der Waals surface area contributed by atoms with Crippen LogP contribution in [0.25, 0.3) is 5.57 Å². The summed E-state index contributed by atoms with van der Waals surface area (Å²) in [6.07, 6.45) is 9.51. The molecule has 1 aromatic heterocycles. The summed E-state index contributed by atoms with van der Waals surface area (Å²) >= 11 is 0. The molecule has 7 heteroatoms. The number of hydrogen-bond acceptors (Lipinski definition) is 6. The van der Waals surface area contributed by atoms with Gasteiger partial charge in [-0.15, -0.1) is 0 Å². The van der Waals surface area contributed by atoms with Crippen LogP contribution in [0.15, 0.2) is 54.9 Å². The van der Waals surface area contributed by atoms with Crippen molar-refractivity contribution in [2.24, 2.45) is 0 Å². The number of rotatable bonds is 11. The maximum absolute atomic E-state index is 11.5. The molecule has 0 unspecified atom stereocenters. The average molecular weight is 418 g/mol. The molecular formula is C22H27NO5S. The SMILES string of the molecule is CCOC(=O)CCCC/C=C(\c1cccnc1)c1cccc(COS(C)(=O)=O)c1. The van der Waals surface area contributed by atoms with Crippen molar-refractivity contribution >= 4 is 21.7 Å². The Balaban J connectivity index is 2.13. The molecule has 0 aliphatic heterocycles. The van der Waals surface area contributed by atoms with Gasteiger partial charge >= 0.3 is 5.97 Å². The van der Waals surface area contributed by atoms with Crippen molar-refractivity contribution in [1.29, 1.82) is 0 Å². The fourth-order valence-electron chi connectivity index (χ4n) is 2.82. The van der Waals surface area contributed by atoms with Gasteiger partial charge in [0, 0.05) is 24.4 Å². The second-order valence-electron chi connectivity index (χ2n) is 6.58. The number of aromatic nitrogens is 1. The number of esters is 1. The smallest absolute Gasteiger partial charge is 0.305 e. The number of allylic oxidation sites excluding steroid dienone is 1. The van der Waals surface area contributed by atoms with Crippen molar-refractivity contribution < 1.29 is 22.1 Å². The summed E-state index contributed by atoms with van der Waals surface area (Å²) in [7, 11) is -3.50. The molecule has 1 heterocycles. The fraction of sp³-hybridized carbons (Fsp3) is 0.364. The molecule has 0 atom stereocenters. The van der Waals surface area contributed by atoms with Gasteiger partial charge in [-0.1, -0.05) is 30.3 Å². The summed E-state index contributed by atoms with van der Waals surface area (Å²) < 4.78 is 32.4. The van der Waals surface area contributed by atoms with Crippen LogP contribution in [0.5, 0.6) is 0 Å². The minimum atomic E-state index is -3.50. The second-order valence-corrected chi connectivity index (χ2v) is 8.22. The van der Waals surface area contributed by atoms with E-state index >= 15 is 0 Å². The zero-order valence-electron chi connectivity index (χ0n) is 16.8. The predicted octanol–water partition coefficient (Wildman–Crippen LogP) is 4.11. The van der Waals surface area contributed by atoms with Gasteiger partial charge in [-0.2, -0.15) is 8.42 Å². The quantitative estimate of drug-likeness (QED) is 0.311. The third kappa shape index (κ3) is 8.58. The van der Waals surface area contributed by atoms with Crippen LogP contribution in [0, 0.1) is 0 Å². The summed E-state index contributed by atoms with van der Waals surface area (Å²) in [5.74, 6) is -0.164. The summed E-state index contributed by atoms with van der Waals surface area (Å²) in [5.41, 5.74) is 3.71. The number of hydrogen-bond donors (Lipinski definition) is 0. The first-order chi connectivity index (χ1) is 13.9. The Hall–Kier alpha value is -2.51. The molecule has 0 saturated heterocycles. The van der Waals surface area contributed by atoms with Crippen LogP contribution in [-0.2, 0) is 30.4 Å². The van der Waals surface area contributed by atoms with Gasteiger partial charge in [0.1, 0.15) is 0 Å². The van der Waals surface area contributed by atoms with E-state index in [1.165, 1.54) is 0 Å². The van der Waals surface area contributed by atoms with Gasteiger partial charge in [0.25, 0.3) is 10.1 Å². The highest BCUT2D eigenvalue weighted by atomic mass is 32.2. The van der Waals surface area contributed by atoms with Crippen LogP contribution in [0.2, 0.25) is 0 Å². The lowest BCUT2D eigenvalue weighted by Gasteiger charge is -2.11. The first-order valence-corrected chi connectivity index (χ1v) is 11.4. The minimum absolute atomic E-state index is 0.00741. The average Bonchev–Trinajstić information content (AvgIpc) is 2.70. The zero-order chi connectivity index (χ0) is 21.1. The number of carbonyl (C=O) groups is 1. The number of ether oxygens (including phenoxy) is 1. The van der Waals surface area contributed by atoms with Crippen molar-refractivity contribution in [3.05, 3.63) is 71.6 Å². The van der Waals surface area contributed by atoms with Crippen LogP contribution in [0.1, 0.15) is 49.3 Å². The summed E-state index contributed by atoms with van der Waals surface area (Å²) in [4.78, 5) is 15.7. The van der Waals surface area contributed by atoms with Gasteiger partial charge in [-0.25, -0.2) is 0 Å². The molecule has 0 radical (unpaired) electrons. The standard InChI is InChI=1S/C22H27NO5S/c1-3-27-22(24)13-6-4-5-12-21(20-11-8-14-23-16-20)19-10-7-9-18(15-19)17-28-29(2,25)26/h7-12,14-16H,3-6,13,17H2,1-2H3/b21-12-. The molecule has 0 aliphatic carbocycles. The third-order valence-electron chi connectivity index (χ3n) is 4.14. The first kappa shape index (κ1) is 22.8. The predicted molar refractivity (Wildman–Crippen MR) is 112 cm³/mol. The van der Waals surface area contributed by atoms with Crippen LogP contribution in [0.3, 0.4) is 0 Å². The Kier molecular flexibility index (Phi) is 9.02. The molecule has 0 fully saturated rings. The monoisotopic (exact) mass is 417 g/mol. The highest BCUT2D eigenvalue weighted by Gasteiger charge is 2.08. The molecule has 0 amide bonds. The largest absolute Gasteiger partial charge is 0.466 e. The van der Waals surface area contributed by atoms with E-state index in [-0.39, 0.29) is 12.6 Å². The number of carbonyl (C=O) groups excluding carboxylic acids is 1. The lowest BCUT2D eigenvalue weighted by Crippen LogP contribution is -2.03. The normalized spacial score (nSPS) is 12.0. The number of pyridine rings is 1. The van der Waals surface area contributed by atoms with Gasteiger partial charge in [0.2, 0.25) is 0 Å². The summed E-state index contributed by atoms with van der Waals surface area (Å²) in [6, 6.07) is 11.5. The molecular weight excluding hydrogens is 390 g/mol. The molecule has 0 bridgehead atoms. The van der Waals surface area contributed by atoms with Crippen LogP contribution < -0.4 is 0 Å². The van der Waals surface area contributed by atoms with E-state index in [9.17, 15) is 13.2 Å². The second kappa shape index (κ2) is 11.5. The number of unbranched alkanes of at least 4 members (excludes halogenated alkanes) is 2. The van der Waals surface area contributed by atoms with Gasteiger partial charge in [-0.3, -0.25) is 14.0 Å². The molecule has 0 aliphatic rings. The number of benzene rings is 1. The third-order valence-corrected chi connectivity index (χ3v) is 4.69. The Morgan fingerprint density at radius 3 is 2.62 bits per heavy atom. The summed E-state index contributed by atoms with van der Waals surface area (Å²) in [5, 5.41) is 0. The van der Waals surface area contributed by atoms with Gasteiger partial charge < -0.3 is 4.74 Å². The van der Waals surface area contributed by atoms with E-state index in [1.807, 2.05) is 36.4 Å². The molecule has 6 nitrogen and oxygen atoms in total. The van der Waals surface area contributed by atoms with E-state index < -0.39 is 10.1 Å². The van der Waals surface area contributed by atoms with Crippen LogP contribution in [-0.4, -0.2) is 32.2 Å². The van der Waals surface area contributed by atoms with Crippen LogP contribution in [0.4, 0.5) is 0 Å². The van der Waals surface area contributed by atoms with Gasteiger partial charge in [0.15, 0.2) is 0 Å². The maximum atomic E-state index is 11.5. The topological polar surface area (TPSA) is 82.6 Å². The van der Waals surface area contributed by atoms with Gasteiger partial charge in [-0.05, 0) is 55.0 Å². The van der Waals surface area contributed by atoms with Crippen molar-refractivity contribution in [3.63, 3.8) is 0 Å². The van der Waals surface area contributed by atoms with E-state index in [0.717, 1.165) is 47.8 Å². The highest BCUT2D eigenvalue weighted by Crippen LogP contribution is 2.25. The Morgan fingerprint density at radius 1 is 1.14 bits per heavy atom. The van der Waals surface area contributed by atoms with E-state index in [0.29, 0.717) is 13.0 Å². The Bertz CT molecular complexity index is 923. The van der Waals surface area contributed by atoms with Crippen molar-refractivity contribution in [2.45, 2.75) is 39.2 Å². The van der Waals surface area contributed by atoms with E-state index in [1.54, 1.807) is 19.3 Å². The lowest BCUT2D eigenvalue weighted by atomic mass is 9.96. The van der Waals surface area contributed by atoms with Gasteiger partial charge in [0.05, 0.1) is 19.5 Å². The fourth-order valence-corrected chi connectivity index (χ4v) is 3.17. The van der Waals surface area contributed by atoms with Crippen LogP contribution >= 0.6 is 0 Å². The highest BCUT2D eigenvalue weighted by molar-refractivity contribution is 7.85.